The van der Waals surface area contributed by atoms with Gasteiger partial charge in [-0.3, -0.25) is 14.9 Å². The first-order valence-electron chi connectivity index (χ1n) is 13.1. The van der Waals surface area contributed by atoms with Crippen molar-refractivity contribution in [2.75, 3.05) is 5.32 Å². The number of benzene rings is 2. The second-order valence-electron chi connectivity index (χ2n) is 11.3. The van der Waals surface area contributed by atoms with Gasteiger partial charge in [-0.2, -0.15) is 0 Å². The minimum atomic E-state index is -0.624. The van der Waals surface area contributed by atoms with E-state index in [1.54, 1.807) is 22.8 Å². The molecule has 1 amide bonds. The third kappa shape index (κ3) is 3.79. The van der Waals surface area contributed by atoms with Crippen LogP contribution in [0, 0.1) is 17.8 Å². The lowest BCUT2D eigenvalue weighted by molar-refractivity contribution is -0.00688. The van der Waals surface area contributed by atoms with E-state index in [0.29, 0.717) is 22.6 Å². The van der Waals surface area contributed by atoms with E-state index in [1.165, 1.54) is 49.9 Å². The molecule has 0 aliphatic heterocycles. The van der Waals surface area contributed by atoms with E-state index in [0.717, 1.165) is 29.0 Å². The number of hydrogen-bond acceptors (Lipinski definition) is 5. The molecule has 4 fully saturated rings. The van der Waals surface area contributed by atoms with E-state index in [2.05, 4.69) is 10.7 Å². The lowest BCUT2D eigenvalue weighted by Gasteiger charge is -2.56. The third-order valence-electron chi connectivity index (χ3n) is 8.86. The fraction of sp³-hybridized carbons (Fsp3) is 0.367. The summed E-state index contributed by atoms with van der Waals surface area (Å²) in [5.74, 6) is 1.51. The maximum atomic E-state index is 13.6. The molecule has 4 bridgehead atoms. The van der Waals surface area contributed by atoms with Crippen molar-refractivity contribution < 1.29 is 9.90 Å². The maximum Gasteiger partial charge on any atom is 0.268 e. The van der Waals surface area contributed by atoms with Crippen LogP contribution in [-0.2, 0) is 12.0 Å². The molecule has 0 saturated heterocycles. The monoisotopic (exact) mass is 511 g/mol. The molecule has 4 aromatic rings. The number of para-hydroxylation sites is 1. The number of hydrogen-bond donors (Lipinski definition) is 2. The minimum Gasteiger partial charge on any atom is -0.506 e. The lowest BCUT2D eigenvalue weighted by atomic mass is 9.49. The Morgan fingerprint density at radius 3 is 2.35 bits per heavy atom. The van der Waals surface area contributed by atoms with Gasteiger partial charge in [-0.05, 0) is 74.0 Å². The number of carbonyl (C=O) groups is 1. The van der Waals surface area contributed by atoms with Crippen LogP contribution < -0.4 is 10.9 Å². The van der Waals surface area contributed by atoms with E-state index >= 15 is 0 Å². The van der Waals surface area contributed by atoms with Crippen molar-refractivity contribution in [1.29, 1.82) is 0 Å². The Kier molecular flexibility index (Phi) is 5.25. The Morgan fingerprint density at radius 2 is 1.65 bits per heavy atom. The van der Waals surface area contributed by atoms with Gasteiger partial charge in [0.15, 0.2) is 5.13 Å². The average Bonchev–Trinajstić information content (AvgIpc) is 3.36. The number of thiazole rings is 1. The van der Waals surface area contributed by atoms with Crippen LogP contribution in [0.3, 0.4) is 0 Å². The maximum absolute atomic E-state index is 13.6. The number of pyridine rings is 1. The van der Waals surface area contributed by atoms with Crippen LogP contribution in [-0.4, -0.2) is 20.6 Å². The molecule has 0 atom stereocenters. The van der Waals surface area contributed by atoms with Crippen LogP contribution in [0.5, 0.6) is 5.75 Å². The quantitative estimate of drug-likeness (QED) is 0.348. The van der Waals surface area contributed by atoms with Crippen LogP contribution in [0.1, 0.15) is 60.1 Å². The largest absolute Gasteiger partial charge is 0.506 e. The van der Waals surface area contributed by atoms with Crippen LogP contribution in [0.25, 0.3) is 10.9 Å². The summed E-state index contributed by atoms with van der Waals surface area (Å²) in [4.78, 5) is 31.9. The molecule has 2 N–H and O–H groups in total. The third-order valence-corrected chi connectivity index (χ3v) is 9.62. The topological polar surface area (TPSA) is 84.2 Å². The van der Waals surface area contributed by atoms with Crippen molar-refractivity contribution in [3.05, 3.63) is 87.2 Å². The van der Waals surface area contributed by atoms with Gasteiger partial charge in [-0.1, -0.05) is 42.5 Å². The van der Waals surface area contributed by atoms with Gasteiger partial charge in [-0.25, -0.2) is 4.98 Å². The zero-order valence-electron chi connectivity index (χ0n) is 20.5. The number of rotatable bonds is 5. The zero-order valence-corrected chi connectivity index (χ0v) is 21.3. The minimum absolute atomic E-state index is 0.141. The zero-order chi connectivity index (χ0) is 25.1. The summed E-state index contributed by atoms with van der Waals surface area (Å²) < 4.78 is 1.56. The van der Waals surface area contributed by atoms with Gasteiger partial charge in [0.1, 0.15) is 11.3 Å². The van der Waals surface area contributed by atoms with Crippen LogP contribution in [0.2, 0.25) is 0 Å². The molecule has 4 aliphatic carbocycles. The van der Waals surface area contributed by atoms with Crippen molar-refractivity contribution in [3.63, 3.8) is 0 Å². The summed E-state index contributed by atoms with van der Waals surface area (Å²) >= 11 is 1.41. The number of amides is 1. The van der Waals surface area contributed by atoms with Gasteiger partial charge in [-0.15, -0.1) is 11.3 Å². The molecule has 7 heteroatoms. The summed E-state index contributed by atoms with van der Waals surface area (Å²) in [5, 5.41) is 16.9. The summed E-state index contributed by atoms with van der Waals surface area (Å²) in [5.41, 5.74) is 1.99. The van der Waals surface area contributed by atoms with Crippen molar-refractivity contribution in [1.82, 2.24) is 9.55 Å². The summed E-state index contributed by atoms with van der Waals surface area (Å²) in [6.07, 6.45) is 7.69. The summed E-state index contributed by atoms with van der Waals surface area (Å²) in [7, 11) is 0. The lowest BCUT2D eigenvalue weighted by Crippen LogP contribution is -2.48. The Morgan fingerprint density at radius 1 is 1.00 bits per heavy atom. The van der Waals surface area contributed by atoms with Crippen LogP contribution in [0.4, 0.5) is 5.13 Å². The fourth-order valence-corrected chi connectivity index (χ4v) is 8.50. The predicted octanol–water partition coefficient (Wildman–Crippen LogP) is 5.93. The number of carbonyl (C=O) groups excluding carboxylic acids is 1. The molecule has 0 radical (unpaired) electrons. The number of anilines is 1. The van der Waals surface area contributed by atoms with Gasteiger partial charge in [0.2, 0.25) is 0 Å². The first kappa shape index (κ1) is 22.7. The van der Waals surface area contributed by atoms with Gasteiger partial charge in [0.25, 0.3) is 11.5 Å². The smallest absolute Gasteiger partial charge is 0.268 e. The number of aromatic hydroxyl groups is 1. The van der Waals surface area contributed by atoms with Crippen molar-refractivity contribution in [2.24, 2.45) is 17.8 Å². The molecular weight excluding hydrogens is 482 g/mol. The first-order chi connectivity index (χ1) is 18.0. The summed E-state index contributed by atoms with van der Waals surface area (Å²) in [6.45, 7) is 0.300. The van der Waals surface area contributed by atoms with Crippen molar-refractivity contribution in [3.8, 4) is 5.75 Å². The molecule has 2 aromatic heterocycles. The van der Waals surface area contributed by atoms with Gasteiger partial charge in [0, 0.05) is 16.2 Å². The number of aromatic nitrogens is 2. The molecule has 37 heavy (non-hydrogen) atoms. The highest BCUT2D eigenvalue weighted by Crippen LogP contribution is 2.60. The predicted molar refractivity (Wildman–Crippen MR) is 145 cm³/mol. The first-order valence-corrected chi connectivity index (χ1v) is 14.0. The van der Waals surface area contributed by atoms with Crippen LogP contribution in [0.15, 0.2) is 64.8 Å². The van der Waals surface area contributed by atoms with E-state index in [4.69, 9.17) is 4.98 Å². The molecular formula is C30H29N3O3S. The standard InChI is InChI=1S/C30H29N3O3S/c34-26-22-8-4-5-9-23(22)33(16-18-6-2-1-3-7-18)28(36)25(26)27(35)32-29-31-24(17-37-29)30-13-19-10-20(14-30)12-21(11-19)15-30/h1-9,17,19-21,34H,10-16H2,(H,31,32,35). The van der Waals surface area contributed by atoms with E-state index in [-0.39, 0.29) is 16.7 Å². The second-order valence-corrected chi connectivity index (χ2v) is 12.2. The SMILES string of the molecule is O=C(Nc1nc(C23CC4CC(CC(C4)C2)C3)cs1)c1c(O)c2ccccc2n(Cc2ccccc2)c1=O. The molecule has 4 aliphatic rings. The molecule has 4 saturated carbocycles. The number of nitrogens with zero attached hydrogens (tertiary/aromatic N) is 2. The van der Waals surface area contributed by atoms with E-state index < -0.39 is 11.5 Å². The average molecular weight is 512 g/mol. The van der Waals surface area contributed by atoms with E-state index in [9.17, 15) is 14.7 Å². The highest BCUT2D eigenvalue weighted by atomic mass is 32.1. The Labute approximate surface area is 219 Å². The molecule has 8 rings (SSSR count). The number of fused-ring (bicyclic) bond motifs is 1. The molecule has 2 aromatic carbocycles. The highest BCUT2D eigenvalue weighted by molar-refractivity contribution is 7.14. The van der Waals surface area contributed by atoms with Crippen LogP contribution >= 0.6 is 11.3 Å². The number of nitrogens with one attached hydrogen (secondary N) is 1. The highest BCUT2D eigenvalue weighted by Gasteiger charge is 2.52. The van der Waals surface area contributed by atoms with Gasteiger partial charge in [0.05, 0.1) is 17.8 Å². The molecule has 0 spiro atoms. The Hall–Kier alpha value is -3.45. The van der Waals surface area contributed by atoms with Crippen molar-refractivity contribution in [2.45, 2.75) is 50.5 Å². The molecule has 6 nitrogen and oxygen atoms in total. The fourth-order valence-electron chi connectivity index (χ4n) is 7.68. The van der Waals surface area contributed by atoms with E-state index in [1.807, 2.05) is 36.4 Å². The molecule has 2 heterocycles. The second kappa shape index (κ2) is 8.55. The van der Waals surface area contributed by atoms with Gasteiger partial charge >= 0.3 is 0 Å². The van der Waals surface area contributed by atoms with Gasteiger partial charge < -0.3 is 9.67 Å². The molecule has 0 unspecified atom stereocenters. The normalized spacial score (nSPS) is 26.0. The molecule has 188 valence electrons. The Balaban J connectivity index is 1.22. The van der Waals surface area contributed by atoms with Crippen molar-refractivity contribution >= 4 is 33.3 Å². The summed E-state index contributed by atoms with van der Waals surface area (Å²) in [6, 6.07) is 16.8. The Bertz CT molecular complexity index is 1540.